The topological polar surface area (TPSA) is 107 Å². The van der Waals surface area contributed by atoms with Crippen LogP contribution in [0.5, 0.6) is 0 Å². The summed E-state index contributed by atoms with van der Waals surface area (Å²) in [5.74, 6) is 0.779. The summed E-state index contributed by atoms with van der Waals surface area (Å²) in [5.41, 5.74) is 5.98. The van der Waals surface area contributed by atoms with E-state index in [1.165, 1.54) is 38.5 Å². The minimum atomic E-state index is -1.61. The lowest BCUT2D eigenvalue weighted by atomic mass is 9.60. The van der Waals surface area contributed by atoms with Gasteiger partial charge in [-0.15, -0.1) is 0 Å². The van der Waals surface area contributed by atoms with Gasteiger partial charge in [0.15, 0.2) is 0 Å². The van der Waals surface area contributed by atoms with Crippen molar-refractivity contribution in [1.82, 2.24) is 0 Å². The van der Waals surface area contributed by atoms with Gasteiger partial charge in [-0.1, -0.05) is 125 Å². The molecule has 1 aromatic carbocycles. The Morgan fingerprint density at radius 1 is 0.684 bits per heavy atom. The highest BCUT2D eigenvalue weighted by atomic mass is 16.3. The molecule has 6 N–H and O–H groups in total. The molecule has 0 aliphatic heterocycles. The SMILES string of the molecule is CC(C)CCCCCCCCCCC(O)(c1c(C(C)(C)C)cc(CN)cc1C(C)(C)C)C(CO)(CO)CO. The number of benzene rings is 1. The average molecular weight is 536 g/mol. The molecule has 1 aromatic rings. The minimum absolute atomic E-state index is 0.323. The first-order chi connectivity index (χ1) is 17.6. The first kappa shape index (κ1) is 35.0. The lowest BCUT2D eigenvalue weighted by Crippen LogP contribution is -2.55. The largest absolute Gasteiger partial charge is 0.395 e. The number of hydrogen-bond donors (Lipinski definition) is 5. The molecule has 0 saturated heterocycles. The Morgan fingerprint density at radius 3 is 1.42 bits per heavy atom. The van der Waals surface area contributed by atoms with Gasteiger partial charge in [0.2, 0.25) is 0 Å². The maximum atomic E-state index is 12.7. The quantitative estimate of drug-likeness (QED) is 0.147. The third-order valence-electron chi connectivity index (χ3n) is 8.32. The fourth-order valence-corrected chi connectivity index (χ4v) is 5.64. The molecule has 0 saturated carbocycles. The van der Waals surface area contributed by atoms with Crippen molar-refractivity contribution in [2.75, 3.05) is 19.8 Å². The van der Waals surface area contributed by atoms with Crippen molar-refractivity contribution in [2.24, 2.45) is 17.1 Å². The maximum absolute atomic E-state index is 12.7. The molecule has 0 aliphatic rings. The first-order valence-corrected chi connectivity index (χ1v) is 15.1. The summed E-state index contributed by atoms with van der Waals surface area (Å²) >= 11 is 0. The minimum Gasteiger partial charge on any atom is -0.395 e. The van der Waals surface area contributed by atoms with E-state index in [2.05, 4.69) is 67.5 Å². The fraction of sp³-hybridized carbons (Fsp3) is 0.818. The van der Waals surface area contributed by atoms with Crippen LogP contribution in [0.15, 0.2) is 12.1 Å². The van der Waals surface area contributed by atoms with Gasteiger partial charge in [-0.05, 0) is 45.4 Å². The van der Waals surface area contributed by atoms with Crippen molar-refractivity contribution in [3.05, 3.63) is 34.4 Å². The fourth-order valence-electron chi connectivity index (χ4n) is 5.64. The second-order valence-electron chi connectivity index (χ2n) is 14.1. The molecule has 0 radical (unpaired) electrons. The van der Waals surface area contributed by atoms with Gasteiger partial charge in [-0.3, -0.25) is 0 Å². The Kier molecular flexibility index (Phi) is 14.0. The molecule has 0 amide bonds. The Balaban J connectivity index is 3.35. The summed E-state index contributed by atoms with van der Waals surface area (Å²) in [4.78, 5) is 0. The van der Waals surface area contributed by atoms with E-state index < -0.39 is 30.8 Å². The van der Waals surface area contributed by atoms with Gasteiger partial charge < -0.3 is 26.2 Å². The summed E-state index contributed by atoms with van der Waals surface area (Å²) in [6.07, 6.45) is 10.8. The number of unbranched alkanes of at least 4 members (excludes halogenated alkanes) is 7. The normalized spacial score (nSPS) is 14.8. The Bertz CT molecular complexity index is 774. The molecule has 1 rings (SSSR count). The van der Waals surface area contributed by atoms with Crippen LogP contribution in [0, 0.1) is 11.3 Å². The van der Waals surface area contributed by atoms with Crippen molar-refractivity contribution < 1.29 is 20.4 Å². The van der Waals surface area contributed by atoms with Crippen molar-refractivity contribution in [2.45, 2.75) is 143 Å². The molecule has 0 heterocycles. The van der Waals surface area contributed by atoms with Crippen molar-refractivity contribution in [3.8, 4) is 0 Å². The van der Waals surface area contributed by atoms with Crippen LogP contribution in [0.3, 0.4) is 0 Å². The molecular formula is C33H61NO4. The van der Waals surface area contributed by atoms with Gasteiger partial charge in [-0.25, -0.2) is 0 Å². The molecule has 1 unspecified atom stereocenters. The van der Waals surface area contributed by atoms with Crippen LogP contribution < -0.4 is 5.73 Å². The number of rotatable bonds is 17. The number of nitrogens with two attached hydrogens (primary N) is 1. The van der Waals surface area contributed by atoms with E-state index in [1.54, 1.807) is 0 Å². The predicted molar refractivity (Wildman–Crippen MR) is 160 cm³/mol. The molecular weight excluding hydrogens is 474 g/mol. The smallest absolute Gasteiger partial charge is 0.102 e. The number of aliphatic hydroxyl groups is 4. The number of aliphatic hydroxyl groups excluding tert-OH is 3. The Hall–Kier alpha value is -0.980. The van der Waals surface area contributed by atoms with Gasteiger partial charge in [0.05, 0.1) is 25.2 Å². The van der Waals surface area contributed by atoms with Crippen molar-refractivity contribution in [3.63, 3.8) is 0 Å². The van der Waals surface area contributed by atoms with Crippen LogP contribution >= 0.6 is 0 Å². The molecule has 0 fully saturated rings. The molecule has 0 aromatic heterocycles. The Morgan fingerprint density at radius 2 is 1.08 bits per heavy atom. The van der Waals surface area contributed by atoms with E-state index in [0.717, 1.165) is 47.4 Å². The van der Waals surface area contributed by atoms with Crippen LogP contribution in [0.1, 0.15) is 142 Å². The molecule has 0 spiro atoms. The summed E-state index contributed by atoms with van der Waals surface area (Å²) in [5, 5.41) is 44.3. The zero-order valence-electron chi connectivity index (χ0n) is 26.0. The third kappa shape index (κ3) is 9.02. The molecule has 0 aliphatic carbocycles. The highest BCUT2D eigenvalue weighted by molar-refractivity contribution is 5.50. The molecule has 222 valence electrons. The van der Waals surface area contributed by atoms with E-state index in [-0.39, 0.29) is 10.8 Å². The summed E-state index contributed by atoms with van der Waals surface area (Å²) < 4.78 is 0. The van der Waals surface area contributed by atoms with Crippen LogP contribution in [0.4, 0.5) is 0 Å². The third-order valence-corrected chi connectivity index (χ3v) is 8.32. The van der Waals surface area contributed by atoms with Gasteiger partial charge in [-0.2, -0.15) is 0 Å². The Labute approximate surface area is 234 Å². The molecule has 5 heteroatoms. The summed E-state index contributed by atoms with van der Waals surface area (Å²) in [6, 6.07) is 4.12. The summed E-state index contributed by atoms with van der Waals surface area (Å²) in [7, 11) is 0. The van der Waals surface area contributed by atoms with Gasteiger partial charge >= 0.3 is 0 Å². The van der Waals surface area contributed by atoms with E-state index >= 15 is 0 Å². The van der Waals surface area contributed by atoms with Gasteiger partial charge in [0.1, 0.15) is 5.60 Å². The standard InChI is InChI=1S/C33H61NO4/c1-25(2)17-15-13-11-9-10-12-14-16-18-33(38,32(22-35,23-36)24-37)29-27(30(3,4)5)19-26(21-34)20-28(29)31(6,7)8/h19-20,25,35-38H,9-18,21-24,34H2,1-8H3. The average Bonchev–Trinajstić information content (AvgIpc) is 2.84. The second-order valence-corrected chi connectivity index (χ2v) is 14.1. The monoisotopic (exact) mass is 535 g/mol. The van der Waals surface area contributed by atoms with E-state index in [4.69, 9.17) is 5.73 Å². The van der Waals surface area contributed by atoms with E-state index in [9.17, 15) is 20.4 Å². The zero-order chi connectivity index (χ0) is 29.2. The molecule has 5 nitrogen and oxygen atoms in total. The molecule has 38 heavy (non-hydrogen) atoms. The van der Waals surface area contributed by atoms with Gasteiger partial charge in [0, 0.05) is 6.54 Å². The van der Waals surface area contributed by atoms with Crippen molar-refractivity contribution >= 4 is 0 Å². The highest BCUT2D eigenvalue weighted by Gasteiger charge is 2.53. The van der Waals surface area contributed by atoms with E-state index in [1.807, 2.05) is 0 Å². The van der Waals surface area contributed by atoms with Gasteiger partial charge in [0.25, 0.3) is 0 Å². The first-order valence-electron chi connectivity index (χ1n) is 15.1. The molecule has 1 atom stereocenters. The lowest BCUT2D eigenvalue weighted by Gasteiger charge is -2.49. The predicted octanol–water partition coefficient (Wildman–Crippen LogP) is 6.45. The highest BCUT2D eigenvalue weighted by Crippen LogP contribution is 2.50. The second kappa shape index (κ2) is 15.1. The zero-order valence-corrected chi connectivity index (χ0v) is 26.0. The molecule has 0 bridgehead atoms. The van der Waals surface area contributed by atoms with Crippen LogP contribution in [0.2, 0.25) is 0 Å². The summed E-state index contributed by atoms with van der Waals surface area (Å²) in [6.45, 7) is 16.1. The van der Waals surface area contributed by atoms with Crippen molar-refractivity contribution in [1.29, 1.82) is 0 Å². The van der Waals surface area contributed by atoms with Crippen LogP contribution in [-0.4, -0.2) is 40.2 Å². The number of hydrogen-bond acceptors (Lipinski definition) is 5. The van der Waals surface area contributed by atoms with Crippen LogP contribution in [0.25, 0.3) is 0 Å². The maximum Gasteiger partial charge on any atom is 0.102 e. The lowest BCUT2D eigenvalue weighted by molar-refractivity contribution is -0.165. The van der Waals surface area contributed by atoms with Crippen LogP contribution in [-0.2, 0) is 23.0 Å². The van der Waals surface area contributed by atoms with E-state index in [0.29, 0.717) is 13.0 Å².